The van der Waals surface area contributed by atoms with Gasteiger partial charge in [0, 0.05) is 50.4 Å². The van der Waals surface area contributed by atoms with Gasteiger partial charge >= 0.3 is 5.92 Å². The van der Waals surface area contributed by atoms with Crippen molar-refractivity contribution in [1.82, 2.24) is 4.90 Å². The third kappa shape index (κ3) is 3.30. The Hall–Kier alpha value is -1.73. The topological polar surface area (TPSA) is 54.3 Å². The van der Waals surface area contributed by atoms with Crippen LogP contribution in [-0.2, 0) is 16.3 Å². The van der Waals surface area contributed by atoms with Gasteiger partial charge in [0.2, 0.25) is 0 Å². The van der Waals surface area contributed by atoms with Gasteiger partial charge in [-0.15, -0.1) is 0 Å². The second-order valence-corrected chi connectivity index (χ2v) is 6.59. The molecule has 1 aliphatic rings. The molecule has 0 spiro atoms. The normalized spacial score (nSPS) is 20.8. The highest BCUT2D eigenvalue weighted by atomic mass is 19.3. The third-order valence-corrected chi connectivity index (χ3v) is 4.84. The van der Waals surface area contributed by atoms with Crippen LogP contribution in [0.25, 0.3) is 0 Å². The summed E-state index contributed by atoms with van der Waals surface area (Å²) < 4.78 is 40.4. The van der Waals surface area contributed by atoms with Crippen molar-refractivity contribution in [1.29, 1.82) is 0 Å². The maximum Gasteiger partial charge on any atom is 0.306 e. The largest absolute Gasteiger partial charge is 0.496 e. The van der Waals surface area contributed by atoms with Crippen LogP contribution in [-0.4, -0.2) is 50.3 Å². The highest BCUT2D eigenvalue weighted by molar-refractivity contribution is 5.71. The minimum absolute atomic E-state index is 0.0583. The van der Waals surface area contributed by atoms with Crippen molar-refractivity contribution in [3.63, 3.8) is 0 Å². The number of ether oxygens (including phenoxy) is 2. The Morgan fingerprint density at radius 1 is 1.27 bits per heavy atom. The van der Waals surface area contributed by atoms with E-state index in [4.69, 9.17) is 9.47 Å². The van der Waals surface area contributed by atoms with E-state index in [-0.39, 0.29) is 29.9 Å². The molecule has 1 atom stereocenters. The van der Waals surface area contributed by atoms with Gasteiger partial charge in [-0.2, -0.15) is 8.78 Å². The summed E-state index contributed by atoms with van der Waals surface area (Å²) in [6, 6.07) is 1.60. The van der Waals surface area contributed by atoms with Gasteiger partial charge < -0.3 is 19.5 Å². The van der Waals surface area contributed by atoms with Crippen molar-refractivity contribution >= 4 is 12.0 Å². The third-order valence-electron chi connectivity index (χ3n) is 4.84. The van der Waals surface area contributed by atoms with Gasteiger partial charge in [0.05, 0.1) is 19.1 Å². The Bertz CT molecular complexity index is 679. The van der Waals surface area contributed by atoms with E-state index in [1.54, 1.807) is 19.3 Å². The number of hydrogen-bond acceptors (Lipinski definition) is 4. The van der Waals surface area contributed by atoms with E-state index in [1.165, 1.54) is 7.11 Å². The molecular formula is C19H28F2N2O3. The van der Waals surface area contributed by atoms with Crippen molar-refractivity contribution in [3.05, 3.63) is 22.8 Å². The van der Waals surface area contributed by atoms with Gasteiger partial charge in [-0.25, -0.2) is 4.99 Å². The quantitative estimate of drug-likeness (QED) is 0.409. The molecule has 0 radical (unpaired) electrons. The Morgan fingerprint density at radius 3 is 2.54 bits per heavy atom. The van der Waals surface area contributed by atoms with E-state index in [1.807, 2.05) is 25.8 Å². The van der Waals surface area contributed by atoms with E-state index in [9.17, 15) is 13.9 Å². The lowest BCUT2D eigenvalue weighted by Gasteiger charge is -2.48. The summed E-state index contributed by atoms with van der Waals surface area (Å²) in [5.41, 5.74) is -1.57. The first-order valence-corrected chi connectivity index (χ1v) is 8.89. The standard InChI is InChI=1S/C19H28F2N2O3/c1-6-9-26-10-8-18(24)17-15(25-5)11-14(22-12-23(4)7-2)13(3)16(17)19(18,20)21/h11-12,24H,6-10H2,1-5H3/b22-12+. The number of hydrogen-bond donors (Lipinski definition) is 1. The summed E-state index contributed by atoms with van der Waals surface area (Å²) >= 11 is 0. The van der Waals surface area contributed by atoms with Crippen LogP contribution < -0.4 is 4.74 Å². The van der Waals surface area contributed by atoms with E-state index in [0.717, 1.165) is 13.0 Å². The maximum absolute atomic E-state index is 14.9. The fourth-order valence-electron chi connectivity index (χ4n) is 3.13. The second kappa shape index (κ2) is 7.88. The maximum atomic E-state index is 14.9. The average molecular weight is 370 g/mol. The molecule has 26 heavy (non-hydrogen) atoms. The van der Waals surface area contributed by atoms with E-state index >= 15 is 0 Å². The summed E-state index contributed by atoms with van der Waals surface area (Å²) in [4.78, 5) is 6.14. The van der Waals surface area contributed by atoms with Crippen molar-refractivity contribution in [3.8, 4) is 5.75 Å². The molecule has 2 rings (SSSR count). The monoisotopic (exact) mass is 370 g/mol. The van der Waals surface area contributed by atoms with Crippen LogP contribution >= 0.6 is 0 Å². The van der Waals surface area contributed by atoms with Crippen molar-refractivity contribution in [2.45, 2.75) is 45.1 Å². The zero-order chi connectivity index (χ0) is 19.5. The second-order valence-electron chi connectivity index (χ2n) is 6.59. The Balaban J connectivity index is 2.43. The van der Waals surface area contributed by atoms with Crippen molar-refractivity contribution < 1.29 is 23.4 Å². The molecule has 0 aromatic heterocycles. The number of benzene rings is 1. The molecule has 0 heterocycles. The number of fused-ring (bicyclic) bond motifs is 1. The lowest BCUT2D eigenvalue weighted by molar-refractivity contribution is -0.235. The summed E-state index contributed by atoms with van der Waals surface area (Å²) in [6.07, 6.45) is 2.20. The van der Waals surface area contributed by atoms with Gasteiger partial charge in [0.15, 0.2) is 5.60 Å². The number of rotatable bonds is 9. The van der Waals surface area contributed by atoms with Crippen LogP contribution in [0.2, 0.25) is 0 Å². The molecule has 1 N–H and O–H groups in total. The fraction of sp³-hybridized carbons (Fsp3) is 0.632. The molecule has 0 fully saturated rings. The molecule has 146 valence electrons. The number of halogens is 2. The summed E-state index contributed by atoms with van der Waals surface area (Å²) in [5, 5.41) is 10.7. The minimum Gasteiger partial charge on any atom is -0.496 e. The summed E-state index contributed by atoms with van der Waals surface area (Å²) in [7, 11) is 3.25. The molecular weight excluding hydrogens is 342 g/mol. The van der Waals surface area contributed by atoms with Crippen molar-refractivity contribution in [2.24, 2.45) is 4.99 Å². The van der Waals surface area contributed by atoms with Gasteiger partial charge in [-0.1, -0.05) is 6.92 Å². The average Bonchev–Trinajstić information content (AvgIpc) is 2.62. The highest BCUT2D eigenvalue weighted by Gasteiger charge is 2.67. The minimum atomic E-state index is -3.38. The molecule has 1 aliphatic carbocycles. The molecule has 0 aliphatic heterocycles. The Kier molecular flexibility index (Phi) is 6.24. The predicted molar refractivity (Wildman–Crippen MR) is 97.7 cm³/mol. The van der Waals surface area contributed by atoms with Crippen LogP contribution in [0.1, 0.15) is 43.4 Å². The lowest BCUT2D eigenvalue weighted by atomic mass is 9.65. The van der Waals surface area contributed by atoms with Crippen LogP contribution in [0.3, 0.4) is 0 Å². The van der Waals surface area contributed by atoms with Crippen LogP contribution in [0, 0.1) is 6.92 Å². The fourth-order valence-corrected chi connectivity index (χ4v) is 3.13. The molecule has 7 heteroatoms. The van der Waals surface area contributed by atoms with Gasteiger partial charge in [-0.05, 0) is 25.8 Å². The molecule has 1 unspecified atom stereocenters. The first-order chi connectivity index (χ1) is 12.2. The van der Waals surface area contributed by atoms with Gasteiger partial charge in [-0.3, -0.25) is 0 Å². The highest BCUT2D eigenvalue weighted by Crippen LogP contribution is 2.63. The van der Waals surface area contributed by atoms with Crippen LogP contribution in [0.15, 0.2) is 11.1 Å². The molecule has 0 saturated carbocycles. The number of aliphatic hydroxyl groups is 1. The lowest BCUT2D eigenvalue weighted by Crippen LogP contribution is -2.54. The SMILES string of the molecule is CCCOCCC1(O)c2c(OC)cc(/N=C/N(C)CC)c(C)c2C1(F)F. The molecule has 0 saturated heterocycles. The van der Waals surface area contributed by atoms with E-state index in [2.05, 4.69) is 4.99 Å². The zero-order valence-electron chi connectivity index (χ0n) is 16.1. The van der Waals surface area contributed by atoms with Crippen LogP contribution in [0.5, 0.6) is 5.75 Å². The molecule has 1 aromatic carbocycles. The van der Waals surface area contributed by atoms with E-state index in [0.29, 0.717) is 17.9 Å². The smallest absolute Gasteiger partial charge is 0.306 e. The molecule has 0 amide bonds. The van der Waals surface area contributed by atoms with E-state index < -0.39 is 11.5 Å². The number of aliphatic imine (C=N–C) groups is 1. The Labute approximate surface area is 153 Å². The predicted octanol–water partition coefficient (Wildman–Crippen LogP) is 3.72. The molecule has 1 aromatic rings. The summed E-state index contributed by atoms with van der Waals surface area (Å²) in [6.45, 7) is 6.78. The van der Waals surface area contributed by atoms with Crippen LogP contribution in [0.4, 0.5) is 14.5 Å². The van der Waals surface area contributed by atoms with Crippen molar-refractivity contribution in [2.75, 3.05) is 33.9 Å². The summed E-state index contributed by atoms with van der Waals surface area (Å²) in [5.74, 6) is -3.15. The zero-order valence-corrected chi connectivity index (χ0v) is 16.1. The first kappa shape index (κ1) is 20.6. The molecule has 5 nitrogen and oxygen atoms in total. The number of alkyl halides is 2. The molecule has 0 bridgehead atoms. The first-order valence-electron chi connectivity index (χ1n) is 8.89. The Morgan fingerprint density at radius 2 is 1.96 bits per heavy atom. The van der Waals surface area contributed by atoms with Gasteiger partial charge in [0.25, 0.3) is 0 Å². The number of methoxy groups -OCH3 is 1. The number of nitrogens with zero attached hydrogens (tertiary/aromatic N) is 2. The van der Waals surface area contributed by atoms with Gasteiger partial charge in [0.1, 0.15) is 5.75 Å².